The molecular formula is C40H40FN5O5. The maximum atomic E-state index is 16.5. The lowest BCUT2D eigenvalue weighted by Crippen LogP contribution is -2.40. The summed E-state index contributed by atoms with van der Waals surface area (Å²) in [4.78, 5) is 48.7. The molecule has 0 aliphatic carbocycles. The number of nitrogens with one attached hydrogen (secondary N) is 1. The Kier molecular flexibility index (Phi) is 8.97. The average molecular weight is 690 g/mol. The fourth-order valence-corrected chi connectivity index (χ4v) is 6.86. The summed E-state index contributed by atoms with van der Waals surface area (Å²) in [5.74, 6) is -0.482. The molecule has 3 heterocycles. The fourth-order valence-electron chi connectivity index (χ4n) is 6.86. The molecule has 2 aliphatic rings. The van der Waals surface area contributed by atoms with Crippen molar-refractivity contribution in [2.45, 2.75) is 51.8 Å². The van der Waals surface area contributed by atoms with Crippen molar-refractivity contribution >= 4 is 45.6 Å². The van der Waals surface area contributed by atoms with Gasteiger partial charge in [-0.25, -0.2) is 9.18 Å². The van der Waals surface area contributed by atoms with E-state index in [0.29, 0.717) is 49.4 Å². The van der Waals surface area contributed by atoms with E-state index in [2.05, 4.69) is 10.3 Å². The van der Waals surface area contributed by atoms with Gasteiger partial charge in [-0.2, -0.15) is 0 Å². The fraction of sp³-hybridized carbons (Fsp3) is 0.300. The molecule has 1 saturated heterocycles. The maximum Gasteiger partial charge on any atom is 0.407 e. The number of alkyl carbamates (subject to hydrolysis) is 1. The summed E-state index contributed by atoms with van der Waals surface area (Å²) < 4.78 is 30.3. The number of aromatic nitrogens is 1. The van der Waals surface area contributed by atoms with E-state index in [0.717, 1.165) is 16.3 Å². The molecule has 4 aromatic carbocycles. The van der Waals surface area contributed by atoms with Gasteiger partial charge < -0.3 is 34.1 Å². The Hall–Kier alpha value is -5.71. The van der Waals surface area contributed by atoms with E-state index in [1.54, 1.807) is 49.7 Å². The quantitative estimate of drug-likeness (QED) is 0.169. The molecule has 2 amide bonds. The van der Waals surface area contributed by atoms with Crippen molar-refractivity contribution in [2.24, 2.45) is 4.99 Å². The van der Waals surface area contributed by atoms with E-state index in [1.165, 1.54) is 6.07 Å². The highest BCUT2D eigenvalue weighted by Gasteiger charge is 2.35. The van der Waals surface area contributed by atoms with Gasteiger partial charge in [0.15, 0.2) is 17.3 Å². The summed E-state index contributed by atoms with van der Waals surface area (Å²) in [5, 5.41) is 4.78. The van der Waals surface area contributed by atoms with Gasteiger partial charge in [0, 0.05) is 45.6 Å². The second-order valence-electron chi connectivity index (χ2n) is 14.0. The van der Waals surface area contributed by atoms with Crippen LogP contribution in [0, 0.1) is 5.82 Å². The Morgan fingerprint density at radius 2 is 1.80 bits per heavy atom. The van der Waals surface area contributed by atoms with Crippen LogP contribution in [0.2, 0.25) is 0 Å². The first-order valence-electron chi connectivity index (χ1n) is 17.1. The zero-order valence-corrected chi connectivity index (χ0v) is 29.1. The number of hydrogen-bond donors (Lipinski definition) is 1. The topological polar surface area (TPSA) is 105 Å². The molecule has 51 heavy (non-hydrogen) atoms. The highest BCUT2D eigenvalue weighted by atomic mass is 19.1. The minimum Gasteiger partial charge on any atom is -0.451 e. The number of carbonyl (C=O) groups excluding carboxylic acids is 2. The molecular weight excluding hydrogens is 649 g/mol. The lowest BCUT2D eigenvalue weighted by molar-refractivity contribution is 0.0508. The van der Waals surface area contributed by atoms with Crippen LogP contribution in [-0.2, 0) is 11.3 Å². The number of hydrogen-bond acceptors (Lipinski definition) is 7. The number of halogens is 1. The van der Waals surface area contributed by atoms with Crippen molar-refractivity contribution in [1.82, 2.24) is 14.8 Å². The maximum absolute atomic E-state index is 16.5. The molecule has 1 atom stereocenters. The second kappa shape index (κ2) is 13.5. The Labute approximate surface area is 295 Å². The second-order valence-corrected chi connectivity index (χ2v) is 14.0. The highest BCUT2D eigenvalue weighted by molar-refractivity contribution is 6.02. The molecule has 1 unspecified atom stereocenters. The molecule has 0 radical (unpaired) electrons. The molecule has 0 bridgehead atoms. The van der Waals surface area contributed by atoms with Crippen LogP contribution >= 0.6 is 0 Å². The predicted molar refractivity (Wildman–Crippen MR) is 197 cm³/mol. The number of aliphatic imine (C=N–C) groups is 1. The number of amides is 2. The van der Waals surface area contributed by atoms with E-state index < -0.39 is 28.8 Å². The standard InChI is InChI=1S/C40H40FN5O5/c1-40(2,3)51-39(49)43-28-15-18-44(23-28)35-31(41)21-29-34-37(35)50-33-20-27-14-9-8-13-26(27)19-32(33)46(34)24-30(36(29)47)38(48)45(17-10-16-42-4)22-25-11-6-5-7-12-25/h5-9,11-14,16,19-21,24,28H,10,15,17-18,22-23H2,1-4H3,(H,43,49). The van der Waals surface area contributed by atoms with Gasteiger partial charge in [0.1, 0.15) is 22.4 Å². The third-order valence-corrected chi connectivity index (χ3v) is 9.14. The molecule has 1 N–H and O–H groups in total. The van der Waals surface area contributed by atoms with Gasteiger partial charge in [0.2, 0.25) is 5.43 Å². The first-order chi connectivity index (χ1) is 24.5. The third kappa shape index (κ3) is 6.75. The van der Waals surface area contributed by atoms with Crippen molar-refractivity contribution in [3.8, 4) is 17.2 Å². The first-order valence-corrected chi connectivity index (χ1v) is 17.1. The summed E-state index contributed by atoms with van der Waals surface area (Å²) in [6.07, 6.45) is 3.81. The van der Waals surface area contributed by atoms with Crippen molar-refractivity contribution in [3.63, 3.8) is 0 Å². The molecule has 262 valence electrons. The summed E-state index contributed by atoms with van der Waals surface area (Å²) in [6, 6.07) is 22.1. The number of fused-ring (bicyclic) bond motifs is 3. The normalized spacial score (nSPS) is 15.2. The number of ether oxygens (including phenoxy) is 2. The van der Waals surface area contributed by atoms with Crippen molar-refractivity contribution in [2.75, 3.05) is 31.6 Å². The van der Waals surface area contributed by atoms with Crippen LogP contribution in [0.1, 0.15) is 49.5 Å². The minimum absolute atomic E-state index is 0.0355. The minimum atomic E-state index is -0.659. The molecule has 1 aromatic heterocycles. The average Bonchev–Trinajstić information content (AvgIpc) is 3.54. The lowest BCUT2D eigenvalue weighted by Gasteiger charge is -2.30. The van der Waals surface area contributed by atoms with E-state index >= 15 is 4.39 Å². The molecule has 1 fully saturated rings. The van der Waals surface area contributed by atoms with Gasteiger partial charge in [0.05, 0.1) is 17.1 Å². The highest BCUT2D eigenvalue weighted by Crippen LogP contribution is 2.48. The number of benzene rings is 4. The van der Waals surface area contributed by atoms with Crippen molar-refractivity contribution in [1.29, 1.82) is 0 Å². The van der Waals surface area contributed by atoms with Crippen LogP contribution < -0.4 is 20.4 Å². The molecule has 7 rings (SSSR count). The van der Waals surface area contributed by atoms with Crippen LogP contribution in [0.25, 0.3) is 27.4 Å². The van der Waals surface area contributed by atoms with Gasteiger partial charge in [0.25, 0.3) is 5.91 Å². The largest absolute Gasteiger partial charge is 0.451 e. The first kappa shape index (κ1) is 33.8. The summed E-state index contributed by atoms with van der Waals surface area (Å²) in [6.45, 7) is 6.73. The lowest BCUT2D eigenvalue weighted by atomic mass is 10.0. The van der Waals surface area contributed by atoms with E-state index in [4.69, 9.17) is 9.47 Å². The van der Waals surface area contributed by atoms with Crippen LogP contribution in [0.4, 0.5) is 14.9 Å². The van der Waals surface area contributed by atoms with E-state index in [9.17, 15) is 14.4 Å². The van der Waals surface area contributed by atoms with Gasteiger partial charge in [-0.05, 0) is 68.1 Å². The van der Waals surface area contributed by atoms with Gasteiger partial charge in [-0.3, -0.25) is 9.59 Å². The number of carbonyl (C=O) groups is 2. The zero-order chi connectivity index (χ0) is 35.9. The number of rotatable bonds is 8. The van der Waals surface area contributed by atoms with E-state index in [1.807, 2.05) is 71.6 Å². The summed E-state index contributed by atoms with van der Waals surface area (Å²) in [7, 11) is 1.67. The van der Waals surface area contributed by atoms with Gasteiger partial charge in [-0.1, -0.05) is 54.6 Å². The van der Waals surface area contributed by atoms with Crippen molar-refractivity contribution < 1.29 is 23.5 Å². The summed E-state index contributed by atoms with van der Waals surface area (Å²) in [5.41, 5.74) is 0.770. The van der Waals surface area contributed by atoms with Crippen LogP contribution in [0.5, 0.6) is 11.5 Å². The zero-order valence-electron chi connectivity index (χ0n) is 29.1. The van der Waals surface area contributed by atoms with Crippen LogP contribution in [-0.4, -0.2) is 66.0 Å². The molecule has 5 aromatic rings. The Balaban J connectivity index is 1.35. The SMILES string of the molecule is CN=CCCN(Cc1ccccc1)C(=O)c1cn2c3c(c(N4CCC(NC(=O)OC(C)(C)C)C4)c(F)cc3c1=O)Oc1cc3ccccc3cc1-2. The third-order valence-electron chi connectivity index (χ3n) is 9.14. The smallest absolute Gasteiger partial charge is 0.407 e. The Morgan fingerprint density at radius 1 is 1.08 bits per heavy atom. The van der Waals surface area contributed by atoms with Crippen molar-refractivity contribution in [3.05, 3.63) is 106 Å². The molecule has 0 spiro atoms. The van der Waals surface area contributed by atoms with E-state index in [-0.39, 0.29) is 35.0 Å². The number of nitrogens with zero attached hydrogens (tertiary/aromatic N) is 4. The molecule has 10 nitrogen and oxygen atoms in total. The monoisotopic (exact) mass is 689 g/mol. The van der Waals surface area contributed by atoms with Crippen LogP contribution in [0.3, 0.4) is 0 Å². The molecule has 11 heteroatoms. The van der Waals surface area contributed by atoms with Crippen LogP contribution in [0.15, 0.2) is 88.8 Å². The summed E-state index contributed by atoms with van der Waals surface area (Å²) >= 11 is 0. The predicted octanol–water partition coefficient (Wildman–Crippen LogP) is 7.23. The van der Waals surface area contributed by atoms with Gasteiger partial charge in [-0.15, -0.1) is 0 Å². The molecule has 2 aliphatic heterocycles. The number of pyridine rings is 1. The molecule has 0 saturated carbocycles. The Morgan fingerprint density at radius 3 is 2.53 bits per heavy atom. The number of anilines is 1. The van der Waals surface area contributed by atoms with Gasteiger partial charge >= 0.3 is 6.09 Å². The Bertz CT molecular complexity index is 2240.